The zero-order valence-corrected chi connectivity index (χ0v) is 43.2. The van der Waals surface area contributed by atoms with Crippen LogP contribution in [-0.2, 0) is 0 Å². The molecule has 60 heavy (non-hydrogen) atoms. The molecule has 0 atom stereocenters. The summed E-state index contributed by atoms with van der Waals surface area (Å²) in [6.45, 7) is 31.7. The fourth-order valence-electron chi connectivity index (χ4n) is 10.7. The molecule has 0 aliphatic carbocycles. The van der Waals surface area contributed by atoms with E-state index in [1.165, 1.54) is 0 Å². The highest BCUT2D eigenvalue weighted by atomic mass is 79.9. The Morgan fingerprint density at radius 3 is 1.03 bits per heavy atom. The maximum atomic E-state index is 13.1. The molecule has 6 aromatic rings. The quantitative estimate of drug-likeness (QED) is 0.113. The molecular weight excluding hydrogens is 905 g/mol. The number of rotatable bonds is 13. The van der Waals surface area contributed by atoms with E-state index >= 15 is 0 Å². The van der Waals surface area contributed by atoms with Crippen LogP contribution in [0.2, 0.25) is 33.2 Å². The van der Waals surface area contributed by atoms with E-state index in [9.17, 15) is 10.2 Å². The lowest BCUT2D eigenvalue weighted by atomic mass is 9.86. The van der Waals surface area contributed by atoms with Gasteiger partial charge in [0.25, 0.3) is 16.6 Å². The summed E-state index contributed by atoms with van der Waals surface area (Å²) in [4.78, 5) is 0. The Bertz CT molecular complexity index is 2340. The van der Waals surface area contributed by atoms with Crippen molar-refractivity contribution >= 4 is 70.0 Å². The minimum atomic E-state index is -2.44. The highest BCUT2D eigenvalue weighted by Gasteiger charge is 2.49. The monoisotopic (exact) mass is 966 g/mol. The third kappa shape index (κ3) is 7.88. The van der Waals surface area contributed by atoms with Crippen LogP contribution in [0.5, 0.6) is 23.0 Å². The molecular formula is C52H64Br2O4Si2. The molecule has 6 rings (SSSR count). The van der Waals surface area contributed by atoms with Gasteiger partial charge in [-0.1, -0.05) is 132 Å². The van der Waals surface area contributed by atoms with Crippen LogP contribution in [0, 0.1) is 13.8 Å². The maximum Gasteiger partial charge on any atom is 0.258 e. The second kappa shape index (κ2) is 17.7. The first kappa shape index (κ1) is 45.9. The van der Waals surface area contributed by atoms with Crippen LogP contribution in [0.25, 0.3) is 54.9 Å². The van der Waals surface area contributed by atoms with Gasteiger partial charge < -0.3 is 19.1 Å². The highest BCUT2D eigenvalue weighted by molar-refractivity contribution is 9.11. The molecule has 4 nitrogen and oxygen atoms in total. The van der Waals surface area contributed by atoms with E-state index in [0.29, 0.717) is 55.5 Å². The largest absolute Gasteiger partial charge is 0.542 e. The van der Waals surface area contributed by atoms with Crippen molar-refractivity contribution in [3.63, 3.8) is 0 Å². The molecule has 0 aliphatic rings. The second-order valence-electron chi connectivity index (χ2n) is 18.8. The van der Waals surface area contributed by atoms with Crippen molar-refractivity contribution in [2.75, 3.05) is 0 Å². The third-order valence-corrected chi connectivity index (χ3v) is 26.3. The molecule has 0 fully saturated rings. The summed E-state index contributed by atoms with van der Waals surface area (Å²) in [5.41, 5.74) is 8.24. The molecule has 8 heteroatoms. The summed E-state index contributed by atoms with van der Waals surface area (Å²) in [5.74, 6) is 1.68. The van der Waals surface area contributed by atoms with E-state index < -0.39 is 16.6 Å². The SMILES string of the molecule is Cc1cc(Br)c(O[Si](C(C)C)(C(C)C)C(C)C)c(-c2cc3ccccc3c(-c3c(O)c(-c4cc(C)cc(Br)c4O[Si](C(C)C)(C(C)C)C(C)C)cc4ccccc34)c2O)c1. The summed E-state index contributed by atoms with van der Waals surface area (Å²) in [7, 11) is -4.88. The van der Waals surface area contributed by atoms with Crippen molar-refractivity contribution in [3.05, 3.63) is 105 Å². The van der Waals surface area contributed by atoms with E-state index in [-0.39, 0.29) is 11.5 Å². The van der Waals surface area contributed by atoms with E-state index in [0.717, 1.165) is 64.2 Å². The van der Waals surface area contributed by atoms with Gasteiger partial charge in [-0.05, 0) is 148 Å². The van der Waals surface area contributed by atoms with Crippen LogP contribution >= 0.6 is 31.9 Å². The molecule has 0 amide bonds. The number of aromatic hydroxyl groups is 2. The van der Waals surface area contributed by atoms with Crippen LogP contribution < -0.4 is 8.85 Å². The average Bonchev–Trinajstić information content (AvgIpc) is 3.16. The summed E-state index contributed by atoms with van der Waals surface area (Å²) >= 11 is 7.88. The lowest BCUT2D eigenvalue weighted by molar-refractivity contribution is 0.468. The van der Waals surface area contributed by atoms with E-state index in [1.54, 1.807) is 0 Å². The van der Waals surface area contributed by atoms with Crippen molar-refractivity contribution in [2.45, 2.75) is 130 Å². The van der Waals surface area contributed by atoms with Crippen LogP contribution in [0.4, 0.5) is 0 Å². The van der Waals surface area contributed by atoms with Gasteiger partial charge in [0.15, 0.2) is 0 Å². The normalized spacial score (nSPS) is 12.7. The van der Waals surface area contributed by atoms with Crippen LogP contribution in [0.15, 0.2) is 93.9 Å². The van der Waals surface area contributed by atoms with E-state index in [2.05, 4.69) is 177 Å². The minimum absolute atomic E-state index is 0.0901. The van der Waals surface area contributed by atoms with Gasteiger partial charge in [-0.25, -0.2) is 0 Å². The average molecular weight is 969 g/mol. The van der Waals surface area contributed by atoms with Gasteiger partial charge in [-0.3, -0.25) is 0 Å². The molecule has 0 bridgehead atoms. The molecule has 2 N–H and O–H groups in total. The predicted octanol–water partition coefficient (Wildman–Crippen LogP) is 17.7. The Hall–Kier alpha value is -3.57. The number of phenols is 2. The standard InChI is InChI=1S/C52H64Br2O4Si2/c1-29(2)59(30(3)4,31(5)6)57-51-43(23-35(13)25-45(51)53)41-27-37-19-15-17-21-39(37)47(49(41)55)48-40-22-18-16-20-38(40)28-42(50(48)56)44-24-36(14)26-46(54)52(44)58-60(32(7)8,33(9)10)34(11)12/h15-34,55-56H,1-14H3. The topological polar surface area (TPSA) is 58.9 Å². The van der Waals surface area contributed by atoms with Crippen molar-refractivity contribution in [2.24, 2.45) is 0 Å². The first-order valence-electron chi connectivity index (χ1n) is 21.7. The molecule has 0 unspecified atom stereocenters. The van der Waals surface area contributed by atoms with Gasteiger partial charge in [0.05, 0.1) is 8.95 Å². The number of fused-ring (bicyclic) bond motifs is 2. The molecule has 0 aliphatic heterocycles. The fourth-order valence-corrected chi connectivity index (χ4v) is 22.9. The third-order valence-electron chi connectivity index (χ3n) is 13.2. The molecule has 0 radical (unpaired) electrons. The Morgan fingerprint density at radius 1 is 0.433 bits per heavy atom. The predicted molar refractivity (Wildman–Crippen MR) is 269 cm³/mol. The molecule has 0 spiro atoms. The maximum absolute atomic E-state index is 13.1. The highest BCUT2D eigenvalue weighted by Crippen LogP contribution is 2.56. The fraction of sp³-hybridized carbons (Fsp3) is 0.385. The van der Waals surface area contributed by atoms with Gasteiger partial charge >= 0.3 is 0 Å². The summed E-state index contributed by atoms with van der Waals surface area (Å²) in [5, 5.41) is 29.7. The number of hydrogen-bond donors (Lipinski definition) is 2. The van der Waals surface area contributed by atoms with Crippen molar-refractivity contribution in [3.8, 4) is 56.4 Å². The molecule has 0 saturated heterocycles. The Labute approximate surface area is 378 Å². The zero-order valence-electron chi connectivity index (χ0n) is 38.0. The lowest BCUT2D eigenvalue weighted by Crippen LogP contribution is -2.50. The molecule has 318 valence electrons. The zero-order chi connectivity index (χ0) is 44.2. The number of benzene rings is 6. The van der Waals surface area contributed by atoms with Gasteiger partial charge in [0, 0.05) is 33.4 Å². The molecule has 0 saturated carbocycles. The van der Waals surface area contributed by atoms with Crippen molar-refractivity contribution < 1.29 is 19.1 Å². The van der Waals surface area contributed by atoms with Crippen molar-refractivity contribution in [1.29, 1.82) is 0 Å². The van der Waals surface area contributed by atoms with Gasteiger partial charge in [-0.2, -0.15) is 0 Å². The summed E-state index contributed by atoms with van der Waals surface area (Å²) in [6, 6.07) is 28.9. The minimum Gasteiger partial charge on any atom is -0.542 e. The Kier molecular flexibility index (Phi) is 13.5. The van der Waals surface area contributed by atoms with Crippen molar-refractivity contribution in [1.82, 2.24) is 0 Å². The smallest absolute Gasteiger partial charge is 0.258 e. The van der Waals surface area contributed by atoms with Gasteiger partial charge in [-0.15, -0.1) is 0 Å². The van der Waals surface area contributed by atoms with Crippen LogP contribution in [0.3, 0.4) is 0 Å². The second-order valence-corrected chi connectivity index (χ2v) is 31.3. The molecule has 0 aromatic heterocycles. The lowest BCUT2D eigenvalue weighted by Gasteiger charge is -2.43. The molecule has 6 aromatic carbocycles. The number of halogens is 2. The number of phenolic OH excluding ortho intramolecular Hbond substituents is 2. The summed E-state index contributed by atoms with van der Waals surface area (Å²) in [6.07, 6.45) is 0. The Morgan fingerprint density at radius 2 is 0.733 bits per heavy atom. The van der Waals surface area contributed by atoms with E-state index in [4.69, 9.17) is 8.85 Å². The number of aryl methyl sites for hydroxylation is 2. The van der Waals surface area contributed by atoms with Crippen LogP contribution in [-0.4, -0.2) is 26.8 Å². The van der Waals surface area contributed by atoms with Gasteiger partial charge in [0.1, 0.15) is 23.0 Å². The molecule has 0 heterocycles. The first-order valence-corrected chi connectivity index (χ1v) is 27.5. The van der Waals surface area contributed by atoms with E-state index in [1.807, 2.05) is 36.4 Å². The summed E-state index contributed by atoms with van der Waals surface area (Å²) < 4.78 is 16.7. The first-order chi connectivity index (χ1) is 28.2. The van der Waals surface area contributed by atoms with Crippen LogP contribution in [0.1, 0.15) is 94.2 Å². The number of hydrogen-bond acceptors (Lipinski definition) is 4. The Balaban J connectivity index is 1.73. The van der Waals surface area contributed by atoms with Gasteiger partial charge in [0.2, 0.25) is 0 Å².